The average molecular weight is 394 g/mol. The van der Waals surface area contributed by atoms with E-state index in [1.54, 1.807) is 13.8 Å². The van der Waals surface area contributed by atoms with Crippen LogP contribution in [0.3, 0.4) is 0 Å². The minimum Gasteiger partial charge on any atom is -0.469 e. The molecular weight excluding hydrogens is 370 g/mol. The number of methoxy groups -OCH3 is 1. The van der Waals surface area contributed by atoms with Gasteiger partial charge in [-0.3, -0.25) is 9.59 Å². The number of ether oxygens (including phenoxy) is 2. The lowest BCUT2D eigenvalue weighted by molar-refractivity contribution is -0.920. The summed E-state index contributed by atoms with van der Waals surface area (Å²) in [6.07, 6.45) is 1.53. The number of likely N-dealkylation sites (tertiary alicyclic amines) is 1. The number of H-pyrrole nitrogens is 1. The van der Waals surface area contributed by atoms with E-state index in [2.05, 4.69) is 9.97 Å². The first kappa shape index (κ1) is 19.5. The van der Waals surface area contributed by atoms with E-state index in [1.165, 1.54) is 23.3 Å². The molecule has 146 valence electrons. The van der Waals surface area contributed by atoms with Crippen LogP contribution in [0, 0.1) is 12.8 Å². The van der Waals surface area contributed by atoms with E-state index in [-0.39, 0.29) is 24.1 Å². The monoisotopic (exact) mass is 394 g/mol. The Kier molecular flexibility index (Phi) is 5.91. The fourth-order valence-electron chi connectivity index (χ4n) is 3.51. The number of hydrogen-bond donors (Lipinski definition) is 2. The van der Waals surface area contributed by atoms with Crippen LogP contribution in [-0.2, 0) is 20.8 Å². The molecule has 0 aliphatic carbocycles. The summed E-state index contributed by atoms with van der Waals surface area (Å²) in [5, 5.41) is 0.450. The summed E-state index contributed by atoms with van der Waals surface area (Å²) in [6.45, 7) is 5.98. The fourth-order valence-corrected chi connectivity index (χ4v) is 4.60. The van der Waals surface area contributed by atoms with Gasteiger partial charge in [0, 0.05) is 12.8 Å². The maximum Gasteiger partial charge on any atom is 0.348 e. The molecule has 3 rings (SSSR count). The minimum absolute atomic E-state index is 0.0414. The van der Waals surface area contributed by atoms with Gasteiger partial charge in [0.15, 0.2) is 5.82 Å². The van der Waals surface area contributed by atoms with Crippen molar-refractivity contribution in [3.8, 4) is 0 Å². The van der Waals surface area contributed by atoms with Crippen LogP contribution >= 0.6 is 11.3 Å². The highest BCUT2D eigenvalue weighted by atomic mass is 32.1. The first-order chi connectivity index (χ1) is 12.9. The van der Waals surface area contributed by atoms with Crippen molar-refractivity contribution in [2.75, 3.05) is 26.8 Å². The number of nitrogens with zero attached hydrogens (tertiary/aromatic N) is 1. The molecule has 0 saturated carbocycles. The maximum atomic E-state index is 12.5. The van der Waals surface area contributed by atoms with E-state index >= 15 is 0 Å². The Labute approximate surface area is 160 Å². The van der Waals surface area contributed by atoms with Gasteiger partial charge in [0.25, 0.3) is 5.56 Å². The van der Waals surface area contributed by atoms with Crippen molar-refractivity contribution in [2.24, 2.45) is 5.92 Å². The first-order valence-electron chi connectivity index (χ1n) is 9.05. The molecule has 0 spiro atoms. The van der Waals surface area contributed by atoms with Crippen molar-refractivity contribution in [1.82, 2.24) is 9.97 Å². The molecule has 1 fully saturated rings. The van der Waals surface area contributed by atoms with Gasteiger partial charge in [-0.15, -0.1) is 11.3 Å². The third kappa shape index (κ3) is 4.03. The van der Waals surface area contributed by atoms with E-state index in [0.717, 1.165) is 25.9 Å². The van der Waals surface area contributed by atoms with Crippen LogP contribution in [0.4, 0.5) is 0 Å². The molecule has 0 amide bonds. The van der Waals surface area contributed by atoms with Gasteiger partial charge in [-0.2, -0.15) is 0 Å². The number of fused-ring (bicyclic) bond motifs is 1. The lowest BCUT2D eigenvalue weighted by atomic mass is 9.97. The molecule has 3 heterocycles. The third-order valence-electron chi connectivity index (χ3n) is 4.96. The fraction of sp³-hybridized carbons (Fsp3) is 0.556. The van der Waals surface area contributed by atoms with E-state index in [4.69, 9.17) is 9.47 Å². The Bertz CT molecular complexity index is 912. The molecule has 0 radical (unpaired) electrons. The molecule has 1 aliphatic rings. The van der Waals surface area contributed by atoms with Crippen LogP contribution in [-0.4, -0.2) is 48.7 Å². The second-order valence-electron chi connectivity index (χ2n) is 6.69. The van der Waals surface area contributed by atoms with Crippen LogP contribution in [0.15, 0.2) is 4.79 Å². The second-order valence-corrected chi connectivity index (χ2v) is 7.69. The van der Waals surface area contributed by atoms with E-state index < -0.39 is 5.97 Å². The highest BCUT2D eigenvalue weighted by Gasteiger charge is 2.29. The second kappa shape index (κ2) is 8.18. The number of thiophene rings is 1. The van der Waals surface area contributed by atoms with Crippen molar-refractivity contribution < 1.29 is 24.0 Å². The van der Waals surface area contributed by atoms with Crippen molar-refractivity contribution in [1.29, 1.82) is 0 Å². The molecule has 1 saturated heterocycles. The number of carbonyl (C=O) groups excluding carboxylic acids is 2. The summed E-state index contributed by atoms with van der Waals surface area (Å²) in [5.74, 6) is -0.0204. The van der Waals surface area contributed by atoms with Gasteiger partial charge in [-0.25, -0.2) is 9.78 Å². The molecule has 9 heteroatoms. The van der Waals surface area contributed by atoms with Crippen LogP contribution in [0.5, 0.6) is 0 Å². The molecular formula is C18H24N3O5S+. The largest absolute Gasteiger partial charge is 0.469 e. The van der Waals surface area contributed by atoms with Crippen molar-refractivity contribution in [3.05, 3.63) is 26.6 Å². The molecule has 0 atom stereocenters. The zero-order valence-electron chi connectivity index (χ0n) is 15.7. The normalized spacial score (nSPS) is 19.8. The highest BCUT2D eigenvalue weighted by molar-refractivity contribution is 7.20. The highest BCUT2D eigenvalue weighted by Crippen LogP contribution is 2.27. The van der Waals surface area contributed by atoms with E-state index in [1.807, 2.05) is 0 Å². The summed E-state index contributed by atoms with van der Waals surface area (Å²) in [5.41, 5.74) is 0.378. The molecule has 2 aromatic rings. The summed E-state index contributed by atoms with van der Waals surface area (Å²) in [6, 6.07) is 0. The van der Waals surface area contributed by atoms with E-state index in [9.17, 15) is 14.4 Å². The molecule has 0 aromatic carbocycles. The summed E-state index contributed by atoms with van der Waals surface area (Å²) in [7, 11) is 1.42. The molecule has 1 aliphatic heterocycles. The van der Waals surface area contributed by atoms with Crippen LogP contribution in [0.1, 0.15) is 40.8 Å². The smallest absolute Gasteiger partial charge is 0.348 e. The Morgan fingerprint density at radius 2 is 2.04 bits per heavy atom. The predicted molar refractivity (Wildman–Crippen MR) is 100 cm³/mol. The SMILES string of the molecule is CCOC(=O)c1sc2nc(C[NH+]3CCC(C(=O)OC)CC3)[nH]c(=O)c2c1C. The molecule has 0 unspecified atom stereocenters. The predicted octanol–water partition coefficient (Wildman–Crippen LogP) is 0.438. The summed E-state index contributed by atoms with van der Waals surface area (Å²) >= 11 is 1.19. The number of piperidine rings is 1. The number of quaternary nitrogens is 1. The maximum absolute atomic E-state index is 12.5. The van der Waals surface area contributed by atoms with Gasteiger partial charge in [-0.1, -0.05) is 0 Å². The van der Waals surface area contributed by atoms with Crippen LogP contribution in [0.25, 0.3) is 10.2 Å². The Morgan fingerprint density at radius 3 is 2.67 bits per heavy atom. The van der Waals surface area contributed by atoms with Crippen molar-refractivity contribution in [3.63, 3.8) is 0 Å². The van der Waals surface area contributed by atoms with Gasteiger partial charge in [0.1, 0.15) is 16.3 Å². The number of carbonyl (C=O) groups is 2. The zero-order chi connectivity index (χ0) is 19.6. The topological polar surface area (TPSA) is 103 Å². The third-order valence-corrected chi connectivity index (χ3v) is 6.12. The van der Waals surface area contributed by atoms with Gasteiger partial charge in [0.05, 0.1) is 38.1 Å². The standard InChI is InChI=1S/C18H23N3O5S/c1-4-26-18(24)14-10(2)13-15(22)19-12(20-16(13)27-14)9-21-7-5-11(6-8-21)17(23)25-3/h11H,4-9H2,1-3H3,(H,19,20,22)/p+1. The molecule has 8 nitrogen and oxygen atoms in total. The zero-order valence-corrected chi connectivity index (χ0v) is 16.5. The molecule has 0 bridgehead atoms. The Balaban J connectivity index is 1.78. The summed E-state index contributed by atoms with van der Waals surface area (Å²) in [4.78, 5) is 45.9. The van der Waals surface area contributed by atoms with Crippen molar-refractivity contribution in [2.45, 2.75) is 33.2 Å². The average Bonchev–Trinajstić information content (AvgIpc) is 2.99. The van der Waals surface area contributed by atoms with Crippen molar-refractivity contribution >= 4 is 33.5 Å². The number of aromatic nitrogens is 2. The number of rotatable bonds is 5. The molecule has 2 aromatic heterocycles. The number of esters is 2. The first-order valence-corrected chi connectivity index (χ1v) is 9.87. The lowest BCUT2D eigenvalue weighted by Gasteiger charge is -2.27. The molecule has 27 heavy (non-hydrogen) atoms. The minimum atomic E-state index is -0.422. The Morgan fingerprint density at radius 1 is 1.33 bits per heavy atom. The number of aromatic amines is 1. The molecule has 2 N–H and O–H groups in total. The number of hydrogen-bond acceptors (Lipinski definition) is 7. The Hall–Kier alpha value is -2.26. The van der Waals surface area contributed by atoms with Gasteiger partial charge in [-0.05, 0) is 19.4 Å². The van der Waals surface area contributed by atoms with Gasteiger partial charge < -0.3 is 19.4 Å². The van der Waals surface area contributed by atoms with Crippen LogP contribution in [0.2, 0.25) is 0 Å². The van der Waals surface area contributed by atoms with Gasteiger partial charge >= 0.3 is 11.9 Å². The van der Waals surface area contributed by atoms with Crippen LogP contribution < -0.4 is 10.5 Å². The van der Waals surface area contributed by atoms with E-state index in [0.29, 0.717) is 33.0 Å². The number of aryl methyl sites for hydroxylation is 1. The quantitative estimate of drug-likeness (QED) is 0.714. The summed E-state index contributed by atoms with van der Waals surface area (Å²) < 4.78 is 9.87. The van der Waals surface area contributed by atoms with Gasteiger partial charge in [0.2, 0.25) is 0 Å². The number of nitrogens with one attached hydrogen (secondary N) is 2. The lowest BCUT2D eigenvalue weighted by Crippen LogP contribution is -3.12.